The second-order valence-electron chi connectivity index (χ2n) is 5.31. The number of carbonyl (C=O) groups is 2. The SMILES string of the molecule is COc1cc(CNC(=O)COC(=O)c2c(F)cccc2F)ccc1OC(F)F. The first-order valence-electron chi connectivity index (χ1n) is 7.81. The quantitative estimate of drug-likeness (QED) is 0.544. The van der Waals surface area contributed by atoms with Crippen molar-refractivity contribution in [1.29, 1.82) is 0 Å². The molecule has 1 N–H and O–H groups in total. The van der Waals surface area contributed by atoms with Crippen LogP contribution in [-0.2, 0) is 16.1 Å². The Morgan fingerprint density at radius 2 is 1.75 bits per heavy atom. The molecule has 0 aliphatic carbocycles. The van der Waals surface area contributed by atoms with Gasteiger partial charge in [0.2, 0.25) is 0 Å². The Kier molecular flexibility index (Phi) is 7.19. The highest BCUT2D eigenvalue weighted by Crippen LogP contribution is 2.29. The minimum Gasteiger partial charge on any atom is -0.493 e. The van der Waals surface area contributed by atoms with E-state index in [1.807, 2.05) is 0 Å². The van der Waals surface area contributed by atoms with Gasteiger partial charge in [0, 0.05) is 6.54 Å². The van der Waals surface area contributed by atoms with Gasteiger partial charge in [-0.3, -0.25) is 4.79 Å². The molecule has 28 heavy (non-hydrogen) atoms. The molecule has 0 fully saturated rings. The molecule has 0 saturated heterocycles. The lowest BCUT2D eigenvalue weighted by Gasteiger charge is -2.12. The van der Waals surface area contributed by atoms with Crippen molar-refractivity contribution in [2.45, 2.75) is 13.2 Å². The number of amides is 1. The minimum atomic E-state index is -3.02. The molecule has 1 amide bonds. The van der Waals surface area contributed by atoms with E-state index >= 15 is 0 Å². The molecule has 2 aromatic carbocycles. The second-order valence-corrected chi connectivity index (χ2v) is 5.31. The van der Waals surface area contributed by atoms with Gasteiger partial charge in [-0.15, -0.1) is 0 Å². The van der Waals surface area contributed by atoms with Gasteiger partial charge in [-0.2, -0.15) is 8.78 Å². The van der Waals surface area contributed by atoms with Crippen LogP contribution in [0.4, 0.5) is 17.6 Å². The second kappa shape index (κ2) is 9.58. The predicted molar refractivity (Wildman–Crippen MR) is 88.1 cm³/mol. The smallest absolute Gasteiger partial charge is 0.387 e. The zero-order chi connectivity index (χ0) is 20.7. The number of esters is 1. The lowest BCUT2D eigenvalue weighted by molar-refractivity contribution is -0.124. The van der Waals surface area contributed by atoms with Gasteiger partial charge in [0.15, 0.2) is 18.1 Å². The third kappa shape index (κ3) is 5.60. The monoisotopic (exact) mass is 401 g/mol. The third-order valence-electron chi connectivity index (χ3n) is 3.44. The van der Waals surface area contributed by atoms with Gasteiger partial charge in [0.25, 0.3) is 5.91 Å². The first-order valence-corrected chi connectivity index (χ1v) is 7.81. The van der Waals surface area contributed by atoms with E-state index in [4.69, 9.17) is 4.74 Å². The number of nitrogens with one attached hydrogen (secondary N) is 1. The number of hydrogen-bond donors (Lipinski definition) is 1. The van der Waals surface area contributed by atoms with Crippen molar-refractivity contribution >= 4 is 11.9 Å². The van der Waals surface area contributed by atoms with E-state index in [-0.39, 0.29) is 18.0 Å². The fraction of sp³-hybridized carbons (Fsp3) is 0.222. The van der Waals surface area contributed by atoms with Gasteiger partial charge < -0.3 is 19.5 Å². The summed E-state index contributed by atoms with van der Waals surface area (Å²) in [6, 6.07) is 6.89. The van der Waals surface area contributed by atoms with Crippen LogP contribution in [0.5, 0.6) is 11.5 Å². The van der Waals surface area contributed by atoms with Crippen molar-refractivity contribution in [2.24, 2.45) is 0 Å². The molecule has 0 saturated carbocycles. The van der Waals surface area contributed by atoms with Gasteiger partial charge in [0.05, 0.1) is 7.11 Å². The Balaban J connectivity index is 1.89. The van der Waals surface area contributed by atoms with Crippen LogP contribution in [0.3, 0.4) is 0 Å². The largest absolute Gasteiger partial charge is 0.493 e. The highest BCUT2D eigenvalue weighted by Gasteiger charge is 2.19. The van der Waals surface area contributed by atoms with E-state index in [1.54, 1.807) is 0 Å². The highest BCUT2D eigenvalue weighted by molar-refractivity contribution is 5.91. The number of benzene rings is 2. The molecule has 10 heteroatoms. The van der Waals surface area contributed by atoms with Crippen molar-refractivity contribution < 1.29 is 41.4 Å². The number of ether oxygens (including phenoxy) is 3. The van der Waals surface area contributed by atoms with Gasteiger partial charge in [-0.25, -0.2) is 13.6 Å². The lowest BCUT2D eigenvalue weighted by Crippen LogP contribution is -2.28. The first-order chi connectivity index (χ1) is 13.3. The van der Waals surface area contributed by atoms with Gasteiger partial charge in [-0.05, 0) is 29.8 Å². The van der Waals surface area contributed by atoms with Crippen molar-refractivity contribution in [3.05, 3.63) is 59.2 Å². The number of rotatable bonds is 8. The normalized spacial score (nSPS) is 10.5. The van der Waals surface area contributed by atoms with Crippen LogP contribution in [0.15, 0.2) is 36.4 Å². The topological polar surface area (TPSA) is 73.9 Å². The van der Waals surface area contributed by atoms with Crippen molar-refractivity contribution in [3.63, 3.8) is 0 Å². The summed E-state index contributed by atoms with van der Waals surface area (Å²) in [6.07, 6.45) is 0. The van der Waals surface area contributed by atoms with Crippen LogP contribution < -0.4 is 14.8 Å². The molecule has 0 aliphatic heterocycles. The summed E-state index contributed by atoms with van der Waals surface area (Å²) in [4.78, 5) is 23.5. The Morgan fingerprint density at radius 3 is 2.36 bits per heavy atom. The molecule has 6 nitrogen and oxygen atoms in total. The molecule has 0 bridgehead atoms. The zero-order valence-corrected chi connectivity index (χ0v) is 14.5. The maximum atomic E-state index is 13.5. The van der Waals surface area contributed by atoms with Crippen molar-refractivity contribution in [1.82, 2.24) is 5.32 Å². The lowest BCUT2D eigenvalue weighted by atomic mass is 10.2. The summed E-state index contributed by atoms with van der Waals surface area (Å²) >= 11 is 0. The van der Waals surface area contributed by atoms with Crippen LogP contribution in [0.2, 0.25) is 0 Å². The fourth-order valence-electron chi connectivity index (χ4n) is 2.16. The maximum absolute atomic E-state index is 13.5. The maximum Gasteiger partial charge on any atom is 0.387 e. The summed E-state index contributed by atoms with van der Waals surface area (Å²) in [7, 11) is 1.26. The van der Waals surface area contributed by atoms with Crippen LogP contribution in [-0.4, -0.2) is 32.2 Å². The molecule has 0 radical (unpaired) electrons. The number of alkyl halides is 2. The molecule has 0 spiro atoms. The first kappa shape index (κ1) is 21.0. The predicted octanol–water partition coefficient (Wildman–Crippen LogP) is 3.05. The standard InChI is InChI=1S/C18H15F4NO5/c1-26-14-7-10(5-6-13(14)28-18(21)22)8-23-15(24)9-27-17(25)16-11(19)3-2-4-12(16)20/h2-7,18H,8-9H2,1H3,(H,23,24). The Hall–Kier alpha value is -3.30. The molecule has 0 heterocycles. The number of carbonyl (C=O) groups excluding carboxylic acids is 2. The van der Waals surface area contributed by atoms with E-state index in [0.717, 1.165) is 18.2 Å². The number of halogens is 4. The van der Waals surface area contributed by atoms with E-state index in [1.165, 1.54) is 25.3 Å². The summed E-state index contributed by atoms with van der Waals surface area (Å²) < 4.78 is 65.3. The molecule has 150 valence electrons. The van der Waals surface area contributed by atoms with Gasteiger partial charge in [-0.1, -0.05) is 12.1 Å². The zero-order valence-electron chi connectivity index (χ0n) is 14.5. The summed E-state index contributed by atoms with van der Waals surface area (Å²) in [5.41, 5.74) is -0.409. The molecular weight excluding hydrogens is 386 g/mol. The Labute approximate surface area is 157 Å². The molecule has 0 unspecified atom stereocenters. The van der Waals surface area contributed by atoms with Gasteiger partial charge in [0.1, 0.15) is 17.2 Å². The van der Waals surface area contributed by atoms with E-state index in [0.29, 0.717) is 5.56 Å². The molecule has 2 aromatic rings. The molecule has 0 aliphatic rings. The summed E-state index contributed by atoms with van der Waals surface area (Å²) in [5.74, 6) is -4.41. The third-order valence-corrected chi connectivity index (χ3v) is 3.44. The van der Waals surface area contributed by atoms with E-state index < -0.39 is 42.3 Å². The number of methoxy groups -OCH3 is 1. The van der Waals surface area contributed by atoms with Crippen molar-refractivity contribution in [3.8, 4) is 11.5 Å². The molecular formula is C18H15F4NO5. The summed E-state index contributed by atoms with van der Waals surface area (Å²) in [5, 5.41) is 2.40. The average molecular weight is 401 g/mol. The molecule has 0 atom stereocenters. The van der Waals surface area contributed by atoms with Crippen LogP contribution in [0.1, 0.15) is 15.9 Å². The average Bonchev–Trinajstić information content (AvgIpc) is 2.65. The number of hydrogen-bond acceptors (Lipinski definition) is 5. The Bertz CT molecular complexity index is 840. The van der Waals surface area contributed by atoms with Gasteiger partial charge >= 0.3 is 12.6 Å². The fourth-order valence-corrected chi connectivity index (χ4v) is 2.16. The van der Waals surface area contributed by atoms with E-state index in [9.17, 15) is 27.2 Å². The van der Waals surface area contributed by atoms with Crippen LogP contribution in [0, 0.1) is 11.6 Å². The highest BCUT2D eigenvalue weighted by atomic mass is 19.3. The summed E-state index contributed by atoms with van der Waals surface area (Å²) in [6.45, 7) is -3.83. The van der Waals surface area contributed by atoms with Crippen LogP contribution >= 0.6 is 0 Å². The molecule has 2 rings (SSSR count). The molecule has 0 aromatic heterocycles. The Morgan fingerprint density at radius 1 is 1.07 bits per heavy atom. The minimum absolute atomic E-state index is 0.0357. The van der Waals surface area contributed by atoms with E-state index in [2.05, 4.69) is 14.8 Å². The van der Waals surface area contributed by atoms with Crippen molar-refractivity contribution in [2.75, 3.05) is 13.7 Å². The van der Waals surface area contributed by atoms with Crippen LogP contribution in [0.25, 0.3) is 0 Å².